The Morgan fingerprint density at radius 3 is 2.37 bits per heavy atom. The first kappa shape index (κ1) is 19.1. The zero-order valence-corrected chi connectivity index (χ0v) is 14.8. The third kappa shape index (κ3) is 4.54. The normalized spacial score (nSPS) is 15.6. The van der Waals surface area contributed by atoms with E-state index in [2.05, 4.69) is 27.3 Å². The second-order valence-electron chi connectivity index (χ2n) is 6.20. The van der Waals surface area contributed by atoms with Gasteiger partial charge in [-0.2, -0.15) is 13.2 Å². The lowest BCUT2D eigenvalue weighted by Gasteiger charge is -2.33. The van der Waals surface area contributed by atoms with Gasteiger partial charge in [-0.3, -0.25) is 4.79 Å². The van der Waals surface area contributed by atoms with Crippen LogP contribution in [0.15, 0.2) is 36.4 Å². The summed E-state index contributed by atoms with van der Waals surface area (Å²) in [4.78, 5) is 16.4. The zero-order valence-electron chi connectivity index (χ0n) is 14.8. The van der Waals surface area contributed by atoms with Gasteiger partial charge in [0, 0.05) is 26.2 Å². The fraction of sp³-hybridized carbons (Fsp3) is 0.389. The van der Waals surface area contributed by atoms with Gasteiger partial charge in [-0.25, -0.2) is 0 Å². The maximum absolute atomic E-state index is 13.1. The van der Waals surface area contributed by atoms with Crippen molar-refractivity contribution in [1.29, 1.82) is 0 Å². The van der Waals surface area contributed by atoms with Crippen molar-refractivity contribution >= 4 is 17.4 Å². The highest BCUT2D eigenvalue weighted by Gasteiger charge is 2.33. The number of aromatic nitrogens is 2. The van der Waals surface area contributed by atoms with Gasteiger partial charge in [-0.15, -0.1) is 10.2 Å². The number of nitrogens with one attached hydrogen (secondary N) is 1. The molecule has 2 aromatic rings. The summed E-state index contributed by atoms with van der Waals surface area (Å²) in [5.74, 6) is -0.0838. The molecule has 144 valence electrons. The molecular formula is C18H20F3N5O. The predicted molar refractivity (Wildman–Crippen MR) is 94.8 cm³/mol. The molecule has 1 aliphatic heterocycles. The highest BCUT2D eigenvalue weighted by molar-refractivity contribution is 5.92. The van der Waals surface area contributed by atoms with Crippen molar-refractivity contribution in [3.8, 4) is 0 Å². The first-order valence-electron chi connectivity index (χ1n) is 8.67. The van der Waals surface area contributed by atoms with Gasteiger partial charge in [-0.1, -0.05) is 19.1 Å². The second-order valence-corrected chi connectivity index (χ2v) is 6.20. The number of amides is 1. The van der Waals surface area contributed by atoms with E-state index in [1.54, 1.807) is 4.90 Å². The Hall–Kier alpha value is -2.68. The Bertz CT molecular complexity index is 786. The van der Waals surface area contributed by atoms with Crippen molar-refractivity contribution in [3.05, 3.63) is 47.7 Å². The van der Waals surface area contributed by atoms with Crippen LogP contribution in [0.2, 0.25) is 0 Å². The minimum Gasteiger partial charge on any atom is -0.338 e. The quantitative estimate of drug-likeness (QED) is 0.885. The molecule has 0 aliphatic carbocycles. The Balaban J connectivity index is 1.69. The van der Waals surface area contributed by atoms with Crippen molar-refractivity contribution in [2.75, 3.05) is 38.0 Å². The van der Waals surface area contributed by atoms with Crippen LogP contribution in [0.25, 0.3) is 0 Å². The predicted octanol–water partition coefficient (Wildman–Crippen LogP) is 3.02. The van der Waals surface area contributed by atoms with E-state index in [9.17, 15) is 18.0 Å². The first-order valence-corrected chi connectivity index (χ1v) is 8.67. The van der Waals surface area contributed by atoms with Crippen LogP contribution in [0.5, 0.6) is 0 Å². The smallest absolute Gasteiger partial charge is 0.338 e. The summed E-state index contributed by atoms with van der Waals surface area (Å²) >= 11 is 0. The molecule has 1 aromatic heterocycles. The Morgan fingerprint density at radius 2 is 1.78 bits per heavy atom. The summed E-state index contributed by atoms with van der Waals surface area (Å²) in [5.41, 5.74) is -0.732. The molecular weight excluding hydrogens is 359 g/mol. The average Bonchev–Trinajstić information content (AvgIpc) is 2.68. The largest absolute Gasteiger partial charge is 0.418 e. The SMILES string of the molecule is CCN1CCN(C(=O)c2ccc(Nc3ccccc3C(F)(F)F)nn2)CC1. The molecule has 0 unspecified atom stereocenters. The van der Waals surface area contributed by atoms with Crippen LogP contribution in [0.4, 0.5) is 24.7 Å². The second kappa shape index (κ2) is 7.91. The number of carbonyl (C=O) groups excluding carboxylic acids is 1. The van der Waals surface area contributed by atoms with Crippen molar-refractivity contribution in [2.24, 2.45) is 0 Å². The van der Waals surface area contributed by atoms with Gasteiger partial charge in [0.1, 0.15) is 0 Å². The maximum atomic E-state index is 13.1. The molecule has 0 atom stereocenters. The average molecular weight is 379 g/mol. The zero-order chi connectivity index (χ0) is 19.4. The number of anilines is 2. The van der Waals surface area contributed by atoms with Crippen molar-refractivity contribution < 1.29 is 18.0 Å². The van der Waals surface area contributed by atoms with Gasteiger partial charge < -0.3 is 15.1 Å². The van der Waals surface area contributed by atoms with E-state index in [0.29, 0.717) is 13.1 Å². The number of likely N-dealkylation sites (N-methyl/N-ethyl adjacent to an activating group) is 1. The van der Waals surface area contributed by atoms with Gasteiger partial charge in [0.15, 0.2) is 11.5 Å². The van der Waals surface area contributed by atoms with Crippen LogP contribution in [0, 0.1) is 0 Å². The molecule has 27 heavy (non-hydrogen) atoms. The molecule has 0 radical (unpaired) electrons. The van der Waals surface area contributed by atoms with Gasteiger partial charge in [0.05, 0.1) is 11.3 Å². The summed E-state index contributed by atoms with van der Waals surface area (Å²) in [6.45, 7) is 5.88. The number of hydrogen-bond acceptors (Lipinski definition) is 5. The number of alkyl halides is 3. The van der Waals surface area contributed by atoms with Gasteiger partial charge in [0.2, 0.25) is 0 Å². The molecule has 0 bridgehead atoms. The molecule has 0 spiro atoms. The van der Waals surface area contributed by atoms with E-state index in [1.165, 1.54) is 30.3 Å². The van der Waals surface area contributed by atoms with E-state index in [1.807, 2.05) is 0 Å². The van der Waals surface area contributed by atoms with Gasteiger partial charge in [-0.05, 0) is 30.8 Å². The monoisotopic (exact) mass is 379 g/mol. The first-order chi connectivity index (χ1) is 12.9. The fourth-order valence-electron chi connectivity index (χ4n) is 2.92. The molecule has 9 heteroatoms. The van der Waals surface area contributed by atoms with Gasteiger partial charge in [0.25, 0.3) is 5.91 Å². The lowest BCUT2D eigenvalue weighted by Crippen LogP contribution is -2.48. The third-order valence-corrected chi connectivity index (χ3v) is 4.49. The lowest BCUT2D eigenvalue weighted by atomic mass is 10.1. The Morgan fingerprint density at radius 1 is 1.07 bits per heavy atom. The minimum atomic E-state index is -4.48. The topological polar surface area (TPSA) is 61.4 Å². The van der Waals surface area contributed by atoms with Crippen molar-refractivity contribution in [2.45, 2.75) is 13.1 Å². The van der Waals surface area contributed by atoms with Gasteiger partial charge >= 0.3 is 6.18 Å². The summed E-state index contributed by atoms with van der Waals surface area (Å²) in [6, 6.07) is 8.05. The number of rotatable bonds is 4. The van der Waals surface area contributed by atoms with Crippen LogP contribution in [0.1, 0.15) is 23.0 Å². The molecule has 6 nitrogen and oxygen atoms in total. The molecule has 1 N–H and O–H groups in total. The summed E-state index contributed by atoms with van der Waals surface area (Å²) in [6.07, 6.45) is -4.48. The molecule has 1 saturated heterocycles. The maximum Gasteiger partial charge on any atom is 0.418 e. The molecule has 0 saturated carbocycles. The van der Waals surface area contributed by atoms with Crippen molar-refractivity contribution in [3.63, 3.8) is 0 Å². The highest BCUT2D eigenvalue weighted by atomic mass is 19.4. The molecule has 3 rings (SSSR count). The van der Waals surface area contributed by atoms with E-state index >= 15 is 0 Å². The molecule has 2 heterocycles. The van der Waals surface area contributed by atoms with Crippen LogP contribution in [-0.4, -0.2) is 58.6 Å². The number of para-hydroxylation sites is 1. The van der Waals surface area contributed by atoms with E-state index in [4.69, 9.17) is 0 Å². The van der Waals surface area contributed by atoms with E-state index in [0.717, 1.165) is 25.7 Å². The lowest BCUT2D eigenvalue weighted by molar-refractivity contribution is -0.136. The number of nitrogens with zero attached hydrogens (tertiary/aromatic N) is 4. The van der Waals surface area contributed by atoms with Crippen LogP contribution >= 0.6 is 0 Å². The third-order valence-electron chi connectivity index (χ3n) is 4.49. The highest BCUT2D eigenvalue weighted by Crippen LogP contribution is 2.35. The van der Waals surface area contributed by atoms with Crippen molar-refractivity contribution in [1.82, 2.24) is 20.0 Å². The number of benzene rings is 1. The number of piperazine rings is 1. The minimum absolute atomic E-state index is 0.117. The Kier molecular flexibility index (Phi) is 5.59. The standard InChI is InChI=1S/C18H20F3N5O/c1-2-25-9-11-26(12-10-25)17(27)15-7-8-16(24-23-15)22-14-6-4-3-5-13(14)18(19,20)21/h3-8H,2,9-12H2,1H3,(H,22,24). The molecule has 1 fully saturated rings. The van der Waals surface area contributed by atoms with Crippen LogP contribution < -0.4 is 5.32 Å². The molecule has 1 aromatic carbocycles. The summed E-state index contributed by atoms with van der Waals surface area (Å²) in [5, 5.41) is 10.4. The number of carbonyl (C=O) groups is 1. The van der Waals surface area contributed by atoms with E-state index in [-0.39, 0.29) is 23.1 Å². The molecule has 1 aliphatic rings. The number of hydrogen-bond donors (Lipinski definition) is 1. The van der Waals surface area contributed by atoms with Crippen LogP contribution in [-0.2, 0) is 6.18 Å². The fourth-order valence-corrected chi connectivity index (χ4v) is 2.92. The molecule has 1 amide bonds. The Labute approximate surface area is 155 Å². The summed E-state index contributed by atoms with van der Waals surface area (Å²) < 4.78 is 39.2. The number of halogens is 3. The van der Waals surface area contributed by atoms with E-state index < -0.39 is 11.7 Å². The summed E-state index contributed by atoms with van der Waals surface area (Å²) in [7, 11) is 0. The van der Waals surface area contributed by atoms with Crippen LogP contribution in [0.3, 0.4) is 0 Å².